The Labute approximate surface area is 142 Å². The van der Waals surface area contributed by atoms with E-state index in [9.17, 15) is 0 Å². The number of thiocarbonyl (C=S) groups is 1. The molecular weight excluding hydrogens is 312 g/mol. The average Bonchev–Trinajstić information content (AvgIpc) is 2.60. The Balaban J connectivity index is 1.62. The number of methoxy groups -OCH3 is 1. The lowest BCUT2D eigenvalue weighted by atomic mass is 10.2. The largest absolute Gasteiger partial charge is 0.496 e. The molecule has 6 nitrogen and oxygen atoms in total. The maximum absolute atomic E-state index is 5.35. The third-order valence-electron chi connectivity index (χ3n) is 3.70. The topological polar surface area (TPSA) is 59.3 Å². The number of para-hydroxylation sites is 1. The predicted molar refractivity (Wildman–Crippen MR) is 95.3 cm³/mol. The van der Waals surface area contributed by atoms with Crippen LogP contribution in [0.2, 0.25) is 0 Å². The lowest BCUT2D eigenvalue weighted by molar-refractivity contribution is -0.908. The van der Waals surface area contributed by atoms with Crippen LogP contribution in [-0.4, -0.2) is 57.8 Å². The Bertz CT molecular complexity index is 519. The molecule has 3 N–H and O–H groups in total. The lowest BCUT2D eigenvalue weighted by Gasteiger charge is -2.23. The standard InChI is InChI=1S/C16H24N4O2S/c1-21-15-6-3-2-5-14(15)13-18-19-16(23)17-7-4-8-20-9-11-22-12-10-20/h2-3,5-6,13H,4,7-12H2,1H3,(H2,17,19,23)/p+1/b18-13-. The minimum absolute atomic E-state index is 0.535. The molecule has 0 radical (unpaired) electrons. The van der Waals surface area contributed by atoms with Crippen LogP contribution in [0.15, 0.2) is 29.4 Å². The fourth-order valence-corrected chi connectivity index (χ4v) is 2.58. The summed E-state index contributed by atoms with van der Waals surface area (Å²) in [6, 6.07) is 7.69. The van der Waals surface area contributed by atoms with Crippen molar-refractivity contribution in [2.75, 3.05) is 46.5 Å². The summed E-state index contributed by atoms with van der Waals surface area (Å²) in [5, 5.41) is 7.84. The van der Waals surface area contributed by atoms with Gasteiger partial charge in [0.25, 0.3) is 0 Å². The maximum Gasteiger partial charge on any atom is 0.186 e. The molecule has 0 spiro atoms. The van der Waals surface area contributed by atoms with Crippen molar-refractivity contribution in [2.24, 2.45) is 5.10 Å². The van der Waals surface area contributed by atoms with Crippen LogP contribution in [0.4, 0.5) is 0 Å². The molecule has 126 valence electrons. The van der Waals surface area contributed by atoms with Gasteiger partial charge in [0.15, 0.2) is 5.11 Å². The molecule has 2 rings (SSSR count). The van der Waals surface area contributed by atoms with Gasteiger partial charge in [-0.25, -0.2) is 0 Å². The Morgan fingerprint density at radius 1 is 1.39 bits per heavy atom. The van der Waals surface area contributed by atoms with Crippen molar-refractivity contribution in [1.82, 2.24) is 10.7 Å². The molecule has 1 saturated heterocycles. The summed E-state index contributed by atoms with van der Waals surface area (Å²) in [7, 11) is 1.64. The van der Waals surface area contributed by atoms with Gasteiger partial charge in [0, 0.05) is 18.5 Å². The highest BCUT2D eigenvalue weighted by Gasteiger charge is 2.12. The molecule has 23 heavy (non-hydrogen) atoms. The number of ether oxygens (including phenoxy) is 2. The van der Waals surface area contributed by atoms with Gasteiger partial charge in [-0.3, -0.25) is 5.43 Å². The van der Waals surface area contributed by atoms with E-state index in [1.807, 2.05) is 24.3 Å². The van der Waals surface area contributed by atoms with Crippen LogP contribution in [0.3, 0.4) is 0 Å². The van der Waals surface area contributed by atoms with Gasteiger partial charge in [-0.15, -0.1) is 0 Å². The van der Waals surface area contributed by atoms with Gasteiger partial charge in [-0.1, -0.05) is 12.1 Å². The van der Waals surface area contributed by atoms with Crippen molar-refractivity contribution in [3.8, 4) is 5.75 Å². The zero-order valence-corrected chi connectivity index (χ0v) is 14.3. The number of nitrogens with one attached hydrogen (secondary N) is 3. The van der Waals surface area contributed by atoms with E-state index >= 15 is 0 Å². The summed E-state index contributed by atoms with van der Waals surface area (Å²) in [4.78, 5) is 1.60. The van der Waals surface area contributed by atoms with Crippen LogP contribution in [-0.2, 0) is 4.74 Å². The Kier molecular flexibility index (Phi) is 7.79. The molecular formula is C16H25N4O2S+. The van der Waals surface area contributed by atoms with Crippen LogP contribution in [0.25, 0.3) is 0 Å². The third kappa shape index (κ3) is 6.52. The number of benzene rings is 1. The first-order valence-corrected chi connectivity index (χ1v) is 8.31. The zero-order valence-electron chi connectivity index (χ0n) is 13.5. The second-order valence-corrected chi connectivity index (χ2v) is 5.74. The highest BCUT2D eigenvalue weighted by molar-refractivity contribution is 7.80. The molecule has 1 aromatic rings. The molecule has 7 heteroatoms. The van der Waals surface area contributed by atoms with Crippen LogP contribution >= 0.6 is 12.2 Å². The second kappa shape index (κ2) is 10.1. The summed E-state index contributed by atoms with van der Waals surface area (Å²) >= 11 is 5.21. The Morgan fingerprint density at radius 2 is 2.17 bits per heavy atom. The van der Waals surface area contributed by atoms with E-state index in [-0.39, 0.29) is 0 Å². The number of morpholine rings is 1. The summed E-state index contributed by atoms with van der Waals surface area (Å²) < 4.78 is 10.6. The summed E-state index contributed by atoms with van der Waals surface area (Å²) in [6.07, 6.45) is 2.78. The van der Waals surface area contributed by atoms with Crippen molar-refractivity contribution >= 4 is 23.5 Å². The fourth-order valence-electron chi connectivity index (χ4n) is 2.42. The minimum Gasteiger partial charge on any atom is -0.496 e. The average molecular weight is 337 g/mol. The smallest absolute Gasteiger partial charge is 0.186 e. The normalized spacial score (nSPS) is 15.5. The van der Waals surface area contributed by atoms with E-state index in [0.717, 1.165) is 57.1 Å². The van der Waals surface area contributed by atoms with Gasteiger partial charge in [-0.2, -0.15) is 5.10 Å². The number of nitrogens with zero attached hydrogens (tertiary/aromatic N) is 1. The van der Waals surface area contributed by atoms with Crippen LogP contribution in [0, 0.1) is 0 Å². The molecule has 0 unspecified atom stereocenters. The summed E-state index contributed by atoms with van der Waals surface area (Å²) in [5.41, 5.74) is 3.73. The highest BCUT2D eigenvalue weighted by Crippen LogP contribution is 2.14. The maximum atomic E-state index is 5.35. The molecule has 0 bridgehead atoms. The van der Waals surface area contributed by atoms with Crippen LogP contribution in [0.5, 0.6) is 5.75 Å². The molecule has 0 atom stereocenters. The molecule has 1 heterocycles. The van der Waals surface area contributed by atoms with E-state index in [4.69, 9.17) is 21.7 Å². The molecule has 0 aliphatic carbocycles. The number of quaternary nitrogens is 1. The molecule has 1 aliphatic heterocycles. The van der Waals surface area contributed by atoms with Crippen molar-refractivity contribution in [3.63, 3.8) is 0 Å². The summed E-state index contributed by atoms with van der Waals surface area (Å²) in [6.45, 7) is 5.95. The van der Waals surface area contributed by atoms with Crippen molar-refractivity contribution < 1.29 is 14.4 Å². The van der Waals surface area contributed by atoms with E-state index in [2.05, 4.69) is 15.8 Å². The number of hydrazone groups is 1. The molecule has 1 aromatic carbocycles. The third-order valence-corrected chi connectivity index (χ3v) is 3.94. The van der Waals surface area contributed by atoms with Crippen molar-refractivity contribution in [3.05, 3.63) is 29.8 Å². The summed E-state index contributed by atoms with van der Waals surface area (Å²) in [5.74, 6) is 0.783. The first-order chi connectivity index (χ1) is 11.3. The molecule has 0 saturated carbocycles. The lowest BCUT2D eigenvalue weighted by Crippen LogP contribution is -3.14. The first kappa shape index (κ1) is 17.7. The van der Waals surface area contributed by atoms with E-state index in [1.54, 1.807) is 18.2 Å². The Hall–Kier alpha value is -1.70. The SMILES string of the molecule is COc1ccccc1/C=N\NC(=S)NCCC[NH+]1CCOCC1. The second-order valence-electron chi connectivity index (χ2n) is 5.33. The van der Waals surface area contributed by atoms with Crippen molar-refractivity contribution in [1.29, 1.82) is 0 Å². The van der Waals surface area contributed by atoms with Gasteiger partial charge >= 0.3 is 0 Å². The number of hydrogen-bond acceptors (Lipinski definition) is 4. The number of rotatable bonds is 7. The van der Waals surface area contributed by atoms with Crippen LogP contribution in [0.1, 0.15) is 12.0 Å². The fraction of sp³-hybridized carbons (Fsp3) is 0.500. The Morgan fingerprint density at radius 3 is 2.96 bits per heavy atom. The zero-order chi connectivity index (χ0) is 16.3. The highest BCUT2D eigenvalue weighted by atomic mass is 32.1. The minimum atomic E-state index is 0.535. The van der Waals surface area contributed by atoms with Gasteiger partial charge in [0.1, 0.15) is 18.8 Å². The molecule has 0 amide bonds. The van der Waals surface area contributed by atoms with E-state index < -0.39 is 0 Å². The monoisotopic (exact) mass is 337 g/mol. The van der Waals surface area contributed by atoms with Gasteiger partial charge < -0.3 is 19.7 Å². The molecule has 1 fully saturated rings. The van der Waals surface area contributed by atoms with E-state index in [0.29, 0.717) is 5.11 Å². The van der Waals surface area contributed by atoms with Crippen LogP contribution < -0.4 is 20.4 Å². The van der Waals surface area contributed by atoms with E-state index in [1.165, 1.54) is 0 Å². The number of hydrogen-bond donors (Lipinski definition) is 3. The molecule has 1 aliphatic rings. The van der Waals surface area contributed by atoms with Crippen molar-refractivity contribution in [2.45, 2.75) is 6.42 Å². The molecule has 0 aromatic heterocycles. The quantitative estimate of drug-likeness (QED) is 0.278. The first-order valence-electron chi connectivity index (χ1n) is 7.91. The van der Waals surface area contributed by atoms with Gasteiger partial charge in [-0.05, 0) is 24.4 Å². The van der Waals surface area contributed by atoms with Gasteiger partial charge in [0.2, 0.25) is 0 Å². The predicted octanol–water partition coefficient (Wildman–Crippen LogP) is -0.202. The van der Waals surface area contributed by atoms with Gasteiger partial charge in [0.05, 0.1) is 33.1 Å².